The van der Waals surface area contributed by atoms with Crippen molar-refractivity contribution in [3.63, 3.8) is 0 Å². The number of amides is 1. The molecule has 1 N–H and O–H groups in total. The number of aryl methyl sites for hydroxylation is 1. The van der Waals surface area contributed by atoms with Crippen molar-refractivity contribution in [2.45, 2.75) is 18.9 Å². The number of carbonyl (C=O) groups is 1. The maximum Gasteiger partial charge on any atom is 0.269 e. The minimum absolute atomic E-state index is 0.0747. The minimum Gasteiger partial charge on any atom is -0.355 e. The summed E-state index contributed by atoms with van der Waals surface area (Å²) in [6.45, 7) is 1.65. The molecule has 1 saturated heterocycles. The first kappa shape index (κ1) is 14.8. The van der Waals surface area contributed by atoms with E-state index in [0.717, 1.165) is 31.7 Å². The highest BCUT2D eigenvalue weighted by Crippen LogP contribution is 2.25. The number of nitrogens with zero attached hydrogens (tertiary/aromatic N) is 4. The Hall–Kier alpha value is -2.08. The summed E-state index contributed by atoms with van der Waals surface area (Å²) < 4.78 is 1.72. The molecule has 3 heterocycles. The summed E-state index contributed by atoms with van der Waals surface area (Å²) >= 11 is 6.18. The Bertz CT molecular complexity index is 663. The molecule has 7 heteroatoms. The summed E-state index contributed by atoms with van der Waals surface area (Å²) in [4.78, 5) is 22.6. The molecule has 0 spiro atoms. The Labute approximate surface area is 134 Å². The summed E-state index contributed by atoms with van der Waals surface area (Å²) in [5, 5.41) is 3.74. The molecule has 1 aliphatic heterocycles. The number of nitrogens with one attached hydrogen (secondary N) is 1. The fraction of sp³-hybridized carbons (Fsp3) is 0.400. The average Bonchev–Trinajstić information content (AvgIpc) is 2.95. The van der Waals surface area contributed by atoms with Crippen LogP contribution in [-0.4, -0.2) is 39.6 Å². The van der Waals surface area contributed by atoms with Crippen molar-refractivity contribution in [2.24, 2.45) is 7.05 Å². The standard InChI is InChI=1S/C15H18ClN5O/c1-20-10-17-9-13(20)15(22)19-11-4-7-21(8-5-11)14-12(16)3-2-6-18-14/h2-3,6,9-11H,4-5,7-8H2,1H3,(H,19,22). The van der Waals surface area contributed by atoms with Crippen LogP contribution in [-0.2, 0) is 7.05 Å². The predicted octanol–water partition coefficient (Wildman–Crippen LogP) is 1.87. The van der Waals surface area contributed by atoms with E-state index in [1.54, 1.807) is 23.3 Å². The highest BCUT2D eigenvalue weighted by atomic mass is 35.5. The second kappa shape index (κ2) is 6.36. The maximum absolute atomic E-state index is 12.2. The largest absolute Gasteiger partial charge is 0.355 e. The second-order valence-electron chi connectivity index (χ2n) is 5.43. The number of anilines is 1. The number of imidazole rings is 1. The molecule has 6 nitrogen and oxygen atoms in total. The summed E-state index contributed by atoms with van der Waals surface area (Å²) in [6.07, 6.45) is 6.70. The summed E-state index contributed by atoms with van der Waals surface area (Å²) in [5.74, 6) is 0.745. The van der Waals surface area contributed by atoms with Gasteiger partial charge in [-0.25, -0.2) is 9.97 Å². The van der Waals surface area contributed by atoms with Crippen molar-refractivity contribution < 1.29 is 4.79 Å². The molecule has 1 fully saturated rings. The zero-order valence-corrected chi connectivity index (χ0v) is 13.1. The highest BCUT2D eigenvalue weighted by molar-refractivity contribution is 6.32. The monoisotopic (exact) mass is 319 g/mol. The summed E-state index contributed by atoms with van der Waals surface area (Å²) in [6, 6.07) is 3.84. The first-order chi connectivity index (χ1) is 10.6. The molecule has 0 atom stereocenters. The van der Waals surface area contributed by atoms with E-state index in [1.165, 1.54) is 0 Å². The fourth-order valence-electron chi connectivity index (χ4n) is 2.68. The first-order valence-corrected chi connectivity index (χ1v) is 7.65. The Morgan fingerprint density at radius 1 is 1.41 bits per heavy atom. The predicted molar refractivity (Wildman–Crippen MR) is 85.2 cm³/mol. The van der Waals surface area contributed by atoms with Gasteiger partial charge in [-0.3, -0.25) is 4.79 Å². The third kappa shape index (κ3) is 3.06. The van der Waals surface area contributed by atoms with Gasteiger partial charge in [0.05, 0.1) is 17.5 Å². The Kier molecular flexibility index (Phi) is 4.29. The van der Waals surface area contributed by atoms with Crippen molar-refractivity contribution in [3.8, 4) is 0 Å². The van der Waals surface area contributed by atoms with E-state index in [4.69, 9.17) is 11.6 Å². The smallest absolute Gasteiger partial charge is 0.269 e. The molecule has 0 aliphatic carbocycles. The molecule has 0 aromatic carbocycles. The van der Waals surface area contributed by atoms with Crippen LogP contribution in [0, 0.1) is 0 Å². The normalized spacial score (nSPS) is 15.8. The number of aromatic nitrogens is 3. The Morgan fingerprint density at radius 3 is 2.82 bits per heavy atom. The van der Waals surface area contributed by atoms with Crippen LogP contribution in [0.25, 0.3) is 0 Å². The van der Waals surface area contributed by atoms with Crippen molar-refractivity contribution >= 4 is 23.3 Å². The van der Waals surface area contributed by atoms with Gasteiger partial charge in [0.2, 0.25) is 0 Å². The van der Waals surface area contributed by atoms with Crippen LogP contribution in [0.2, 0.25) is 5.02 Å². The number of piperidine rings is 1. The van der Waals surface area contributed by atoms with E-state index in [1.807, 2.05) is 19.2 Å². The molecule has 0 saturated carbocycles. The van der Waals surface area contributed by atoms with Gasteiger partial charge < -0.3 is 14.8 Å². The zero-order chi connectivity index (χ0) is 15.5. The van der Waals surface area contributed by atoms with Crippen LogP contribution in [0.5, 0.6) is 0 Å². The van der Waals surface area contributed by atoms with E-state index in [0.29, 0.717) is 10.7 Å². The van der Waals surface area contributed by atoms with Crippen molar-refractivity contribution in [2.75, 3.05) is 18.0 Å². The van der Waals surface area contributed by atoms with E-state index in [9.17, 15) is 4.79 Å². The number of hydrogen-bond acceptors (Lipinski definition) is 4. The van der Waals surface area contributed by atoms with E-state index < -0.39 is 0 Å². The Morgan fingerprint density at radius 2 is 2.18 bits per heavy atom. The molecule has 22 heavy (non-hydrogen) atoms. The maximum atomic E-state index is 12.2. The molecular weight excluding hydrogens is 302 g/mol. The average molecular weight is 320 g/mol. The van der Waals surface area contributed by atoms with Gasteiger partial charge in [0, 0.05) is 32.4 Å². The second-order valence-corrected chi connectivity index (χ2v) is 5.84. The summed E-state index contributed by atoms with van der Waals surface area (Å²) in [7, 11) is 1.81. The lowest BCUT2D eigenvalue weighted by atomic mass is 10.0. The third-order valence-electron chi connectivity index (χ3n) is 3.92. The van der Waals surface area contributed by atoms with Crippen LogP contribution in [0.1, 0.15) is 23.3 Å². The van der Waals surface area contributed by atoms with Gasteiger partial charge in [-0.1, -0.05) is 11.6 Å². The lowest BCUT2D eigenvalue weighted by Gasteiger charge is -2.33. The van der Waals surface area contributed by atoms with E-state index in [2.05, 4.69) is 20.2 Å². The molecular formula is C15H18ClN5O. The SMILES string of the molecule is Cn1cncc1C(=O)NC1CCN(c2ncccc2Cl)CC1. The topological polar surface area (TPSA) is 63.1 Å². The number of hydrogen-bond donors (Lipinski definition) is 1. The molecule has 2 aromatic heterocycles. The molecule has 0 radical (unpaired) electrons. The molecule has 2 aromatic rings. The number of carbonyl (C=O) groups excluding carboxylic acids is 1. The first-order valence-electron chi connectivity index (χ1n) is 7.28. The van der Waals surface area contributed by atoms with Crippen LogP contribution < -0.4 is 10.2 Å². The van der Waals surface area contributed by atoms with Crippen LogP contribution in [0.15, 0.2) is 30.9 Å². The summed E-state index contributed by atoms with van der Waals surface area (Å²) in [5.41, 5.74) is 0.579. The van der Waals surface area contributed by atoms with Gasteiger partial charge >= 0.3 is 0 Å². The minimum atomic E-state index is -0.0747. The Balaban J connectivity index is 1.57. The van der Waals surface area contributed by atoms with Crippen LogP contribution >= 0.6 is 11.6 Å². The highest BCUT2D eigenvalue weighted by Gasteiger charge is 2.23. The number of halogens is 1. The number of rotatable bonds is 3. The van der Waals surface area contributed by atoms with Crippen molar-refractivity contribution in [1.82, 2.24) is 19.9 Å². The van der Waals surface area contributed by atoms with E-state index in [-0.39, 0.29) is 11.9 Å². The van der Waals surface area contributed by atoms with E-state index >= 15 is 0 Å². The molecule has 0 unspecified atom stereocenters. The van der Waals surface area contributed by atoms with Gasteiger partial charge in [0.15, 0.2) is 0 Å². The zero-order valence-electron chi connectivity index (χ0n) is 12.4. The van der Waals surface area contributed by atoms with Gasteiger partial charge in [-0.05, 0) is 25.0 Å². The van der Waals surface area contributed by atoms with Gasteiger partial charge in [0.1, 0.15) is 11.5 Å². The van der Waals surface area contributed by atoms with Crippen LogP contribution in [0.3, 0.4) is 0 Å². The third-order valence-corrected chi connectivity index (χ3v) is 4.21. The molecule has 0 bridgehead atoms. The van der Waals surface area contributed by atoms with Crippen molar-refractivity contribution in [1.29, 1.82) is 0 Å². The van der Waals surface area contributed by atoms with Crippen LogP contribution in [0.4, 0.5) is 5.82 Å². The molecule has 116 valence electrons. The van der Waals surface area contributed by atoms with Gasteiger partial charge in [0.25, 0.3) is 5.91 Å². The quantitative estimate of drug-likeness (QED) is 0.938. The molecule has 3 rings (SSSR count). The number of pyridine rings is 1. The lowest BCUT2D eigenvalue weighted by Crippen LogP contribution is -2.45. The lowest BCUT2D eigenvalue weighted by molar-refractivity contribution is 0.0923. The fourth-order valence-corrected chi connectivity index (χ4v) is 2.92. The van der Waals surface area contributed by atoms with Gasteiger partial charge in [-0.2, -0.15) is 0 Å². The molecule has 1 aliphatic rings. The molecule has 1 amide bonds. The van der Waals surface area contributed by atoms with Gasteiger partial charge in [-0.15, -0.1) is 0 Å². The van der Waals surface area contributed by atoms with Crippen molar-refractivity contribution in [3.05, 3.63) is 41.6 Å².